The van der Waals surface area contributed by atoms with Gasteiger partial charge in [-0.3, -0.25) is 9.52 Å². The smallest absolute Gasteiger partial charge is 0.261 e. The lowest BCUT2D eigenvalue weighted by Crippen LogP contribution is -2.41. The van der Waals surface area contributed by atoms with Crippen LogP contribution in [0, 0.1) is 6.92 Å². The van der Waals surface area contributed by atoms with Gasteiger partial charge in [0, 0.05) is 18.2 Å². The maximum Gasteiger partial charge on any atom is 0.261 e. The highest BCUT2D eigenvalue weighted by Gasteiger charge is 2.28. The highest BCUT2D eigenvalue weighted by Crippen LogP contribution is 2.21. The third kappa shape index (κ3) is 5.40. The molecule has 0 saturated heterocycles. The van der Waals surface area contributed by atoms with Crippen LogP contribution in [-0.4, -0.2) is 31.1 Å². The fourth-order valence-electron chi connectivity index (χ4n) is 2.75. The number of amides is 1. The van der Waals surface area contributed by atoms with E-state index in [4.69, 9.17) is 9.26 Å². The standard InChI is InChI=1S/C21H24N4O5S/c1-5-29-17-10-8-16(9-11-17)25-31(27,28)18-12-6-15(7-13-18)19(26)23-21(3,4)20-22-14(2)30-24-20/h6-13,25H,5H2,1-4H3,(H,23,26). The van der Waals surface area contributed by atoms with Gasteiger partial charge in [-0.1, -0.05) is 5.16 Å². The van der Waals surface area contributed by atoms with E-state index in [1.807, 2.05) is 6.92 Å². The summed E-state index contributed by atoms with van der Waals surface area (Å²) in [6.45, 7) is 7.54. The summed E-state index contributed by atoms with van der Waals surface area (Å²) in [7, 11) is -3.81. The molecule has 10 heteroatoms. The summed E-state index contributed by atoms with van der Waals surface area (Å²) < 4.78 is 38.1. The molecule has 0 fully saturated rings. The molecular weight excluding hydrogens is 420 g/mol. The number of hydrogen-bond donors (Lipinski definition) is 2. The first-order chi connectivity index (χ1) is 14.6. The first-order valence-electron chi connectivity index (χ1n) is 9.60. The summed E-state index contributed by atoms with van der Waals surface area (Å²) in [6, 6.07) is 12.2. The molecule has 0 radical (unpaired) electrons. The van der Waals surface area contributed by atoms with Crippen molar-refractivity contribution < 1.29 is 22.5 Å². The number of aromatic nitrogens is 2. The predicted molar refractivity (Wildman–Crippen MR) is 114 cm³/mol. The number of sulfonamides is 1. The van der Waals surface area contributed by atoms with Gasteiger partial charge in [-0.2, -0.15) is 4.98 Å². The zero-order valence-corrected chi connectivity index (χ0v) is 18.5. The fourth-order valence-corrected chi connectivity index (χ4v) is 3.81. The lowest BCUT2D eigenvalue weighted by molar-refractivity contribution is 0.0907. The molecule has 0 saturated carbocycles. The average molecular weight is 445 g/mol. The third-order valence-corrected chi connectivity index (χ3v) is 5.75. The van der Waals surface area contributed by atoms with Crippen LogP contribution < -0.4 is 14.8 Å². The van der Waals surface area contributed by atoms with Gasteiger partial charge < -0.3 is 14.6 Å². The summed E-state index contributed by atoms with van der Waals surface area (Å²) in [5.41, 5.74) is -0.162. The first-order valence-corrected chi connectivity index (χ1v) is 11.1. The summed E-state index contributed by atoms with van der Waals surface area (Å²) in [4.78, 5) is 16.8. The molecule has 3 rings (SSSR count). The average Bonchev–Trinajstić information content (AvgIpc) is 3.17. The molecule has 0 bridgehead atoms. The van der Waals surface area contributed by atoms with Crippen molar-refractivity contribution in [3.05, 3.63) is 65.8 Å². The summed E-state index contributed by atoms with van der Waals surface area (Å²) in [5.74, 6) is 1.000. The van der Waals surface area contributed by atoms with Gasteiger partial charge in [0.2, 0.25) is 5.89 Å². The Hall–Kier alpha value is -3.40. The minimum atomic E-state index is -3.81. The lowest BCUT2D eigenvalue weighted by atomic mass is 10.0. The van der Waals surface area contributed by atoms with Crippen LogP contribution in [0.5, 0.6) is 5.75 Å². The van der Waals surface area contributed by atoms with Gasteiger partial charge in [0.05, 0.1) is 17.0 Å². The monoisotopic (exact) mass is 444 g/mol. The Balaban J connectivity index is 1.70. The van der Waals surface area contributed by atoms with Crippen LogP contribution in [0.15, 0.2) is 57.9 Å². The summed E-state index contributed by atoms with van der Waals surface area (Å²) >= 11 is 0. The quantitative estimate of drug-likeness (QED) is 0.547. The first kappa shape index (κ1) is 22.3. The van der Waals surface area contributed by atoms with Gasteiger partial charge in [-0.15, -0.1) is 0 Å². The second-order valence-electron chi connectivity index (χ2n) is 7.30. The maximum atomic E-state index is 12.6. The van der Waals surface area contributed by atoms with Crippen molar-refractivity contribution in [3.63, 3.8) is 0 Å². The van der Waals surface area contributed by atoms with Crippen LogP contribution in [0.1, 0.15) is 42.8 Å². The number of nitrogens with one attached hydrogen (secondary N) is 2. The number of carbonyl (C=O) groups is 1. The van der Waals surface area contributed by atoms with Crippen molar-refractivity contribution >= 4 is 21.6 Å². The number of hydrogen-bond acceptors (Lipinski definition) is 7. The van der Waals surface area contributed by atoms with Crippen molar-refractivity contribution in [3.8, 4) is 5.75 Å². The molecule has 2 N–H and O–H groups in total. The van der Waals surface area contributed by atoms with Gasteiger partial charge in [-0.05, 0) is 69.3 Å². The van der Waals surface area contributed by atoms with Gasteiger partial charge in [0.25, 0.3) is 15.9 Å². The molecule has 1 aromatic heterocycles. The molecule has 0 unspecified atom stereocenters. The molecule has 0 atom stereocenters. The molecule has 2 aromatic carbocycles. The number of aryl methyl sites for hydroxylation is 1. The number of nitrogens with zero attached hydrogens (tertiary/aromatic N) is 2. The number of ether oxygens (including phenoxy) is 1. The van der Waals surface area contributed by atoms with Crippen molar-refractivity contribution in [2.45, 2.75) is 38.1 Å². The van der Waals surface area contributed by atoms with E-state index >= 15 is 0 Å². The molecule has 164 valence electrons. The van der Waals surface area contributed by atoms with Gasteiger partial charge >= 0.3 is 0 Å². The van der Waals surface area contributed by atoms with Gasteiger partial charge in [-0.25, -0.2) is 8.42 Å². The second-order valence-corrected chi connectivity index (χ2v) is 8.99. The molecule has 0 spiro atoms. The molecule has 1 heterocycles. The van der Waals surface area contributed by atoms with E-state index < -0.39 is 21.5 Å². The Morgan fingerprint density at radius 1 is 1.10 bits per heavy atom. The SMILES string of the molecule is CCOc1ccc(NS(=O)(=O)c2ccc(C(=O)NC(C)(C)c3noc(C)n3)cc2)cc1. The third-order valence-electron chi connectivity index (χ3n) is 4.36. The van der Waals surface area contributed by atoms with Crippen molar-refractivity contribution in [2.24, 2.45) is 0 Å². The van der Waals surface area contributed by atoms with E-state index in [1.54, 1.807) is 45.0 Å². The molecule has 9 nitrogen and oxygen atoms in total. The van der Waals surface area contributed by atoms with Crippen molar-refractivity contribution in [1.82, 2.24) is 15.5 Å². The number of anilines is 1. The predicted octanol–water partition coefficient (Wildman–Crippen LogP) is 3.24. The fraction of sp³-hybridized carbons (Fsp3) is 0.286. The van der Waals surface area contributed by atoms with Crippen LogP contribution in [0.3, 0.4) is 0 Å². The van der Waals surface area contributed by atoms with E-state index in [2.05, 4.69) is 20.2 Å². The minimum Gasteiger partial charge on any atom is -0.494 e. The minimum absolute atomic E-state index is 0.0333. The van der Waals surface area contributed by atoms with Crippen molar-refractivity contribution in [1.29, 1.82) is 0 Å². The van der Waals surface area contributed by atoms with Crippen LogP contribution in [0.25, 0.3) is 0 Å². The molecule has 0 aliphatic carbocycles. The Morgan fingerprint density at radius 3 is 2.29 bits per heavy atom. The van der Waals surface area contributed by atoms with Crippen molar-refractivity contribution in [2.75, 3.05) is 11.3 Å². The summed E-state index contributed by atoms with van der Waals surface area (Å²) in [5, 5.41) is 6.65. The Bertz CT molecular complexity index is 1150. The molecule has 0 aliphatic heterocycles. The number of rotatable bonds is 8. The van der Waals surface area contributed by atoms with Crippen LogP contribution in [0.2, 0.25) is 0 Å². The highest BCUT2D eigenvalue weighted by atomic mass is 32.2. The van der Waals surface area contributed by atoms with E-state index in [0.717, 1.165) is 0 Å². The molecule has 3 aromatic rings. The lowest BCUT2D eigenvalue weighted by Gasteiger charge is -2.22. The molecule has 31 heavy (non-hydrogen) atoms. The van der Waals surface area contributed by atoms with E-state index in [0.29, 0.717) is 35.3 Å². The maximum absolute atomic E-state index is 12.6. The van der Waals surface area contributed by atoms with E-state index in [-0.39, 0.29) is 4.90 Å². The Kier molecular flexibility index (Phi) is 6.30. The molecular formula is C21H24N4O5S. The molecule has 1 amide bonds. The van der Waals surface area contributed by atoms with Gasteiger partial charge in [0.1, 0.15) is 5.75 Å². The van der Waals surface area contributed by atoms with Crippen LogP contribution >= 0.6 is 0 Å². The normalized spacial score (nSPS) is 11.7. The van der Waals surface area contributed by atoms with Crippen LogP contribution in [-0.2, 0) is 15.6 Å². The van der Waals surface area contributed by atoms with Crippen LogP contribution in [0.4, 0.5) is 5.69 Å². The van der Waals surface area contributed by atoms with E-state index in [9.17, 15) is 13.2 Å². The van der Waals surface area contributed by atoms with Gasteiger partial charge in [0.15, 0.2) is 5.82 Å². The molecule has 0 aliphatic rings. The zero-order valence-electron chi connectivity index (χ0n) is 17.7. The topological polar surface area (TPSA) is 123 Å². The van der Waals surface area contributed by atoms with E-state index in [1.165, 1.54) is 24.3 Å². The Labute approximate surface area is 180 Å². The highest BCUT2D eigenvalue weighted by molar-refractivity contribution is 7.92. The number of benzene rings is 2. The Morgan fingerprint density at radius 2 is 1.74 bits per heavy atom. The second kappa shape index (κ2) is 8.76. The summed E-state index contributed by atoms with van der Waals surface area (Å²) in [6.07, 6.45) is 0. The zero-order chi connectivity index (χ0) is 22.6. The largest absolute Gasteiger partial charge is 0.494 e. The number of carbonyl (C=O) groups excluding carboxylic acids is 1.